The quantitative estimate of drug-likeness (QED) is 0.934. The number of methoxy groups -OCH3 is 1. The molecule has 7 heteroatoms. The lowest BCUT2D eigenvalue weighted by atomic mass is 10.1. The molecule has 1 aromatic heterocycles. The Balaban J connectivity index is 1.86. The fourth-order valence-corrected chi connectivity index (χ4v) is 2.99. The van der Waals surface area contributed by atoms with Gasteiger partial charge in [0.1, 0.15) is 11.6 Å². The van der Waals surface area contributed by atoms with Crippen LogP contribution < -0.4 is 0 Å². The number of hydrogen-bond acceptors (Lipinski definition) is 5. The zero-order valence-electron chi connectivity index (χ0n) is 13.1. The maximum Gasteiger partial charge on any atom is 0.167 e. The van der Waals surface area contributed by atoms with E-state index in [0.717, 1.165) is 30.2 Å². The van der Waals surface area contributed by atoms with E-state index in [4.69, 9.17) is 4.74 Å². The number of aromatic nitrogens is 3. The van der Waals surface area contributed by atoms with E-state index in [1.54, 1.807) is 13.2 Å². The molecule has 0 amide bonds. The predicted molar refractivity (Wildman–Crippen MR) is 80.8 cm³/mol. The maximum atomic E-state index is 13.3. The molecular formula is C16H18FN5O. The topological polar surface area (TPSA) is 77.8 Å². The normalized spacial score (nSPS) is 21.5. The van der Waals surface area contributed by atoms with Crippen LogP contribution in [0.5, 0.6) is 0 Å². The van der Waals surface area contributed by atoms with Crippen molar-refractivity contribution >= 4 is 0 Å². The van der Waals surface area contributed by atoms with Crippen LogP contribution in [-0.4, -0.2) is 39.8 Å². The molecule has 1 aliphatic heterocycles. The van der Waals surface area contributed by atoms with Gasteiger partial charge in [-0.1, -0.05) is 6.07 Å². The highest BCUT2D eigenvalue weighted by atomic mass is 19.1. The number of rotatable bonds is 4. The third kappa shape index (κ3) is 3.23. The van der Waals surface area contributed by atoms with Gasteiger partial charge in [0.25, 0.3) is 0 Å². The summed E-state index contributed by atoms with van der Waals surface area (Å²) in [7, 11) is 1.69. The highest BCUT2D eigenvalue weighted by molar-refractivity contribution is 5.38. The number of H-pyrrole nitrogens is 1. The van der Waals surface area contributed by atoms with Crippen LogP contribution in [-0.2, 0) is 11.3 Å². The van der Waals surface area contributed by atoms with Gasteiger partial charge in [0.05, 0.1) is 23.8 Å². The molecular weight excluding hydrogens is 297 g/mol. The summed E-state index contributed by atoms with van der Waals surface area (Å²) in [5.74, 6) is 1.09. The van der Waals surface area contributed by atoms with Crippen LogP contribution in [0.1, 0.15) is 35.2 Å². The molecule has 2 heterocycles. The summed E-state index contributed by atoms with van der Waals surface area (Å²) in [6.07, 6.45) is 0.876. The molecule has 6 nitrogen and oxygen atoms in total. The first kappa shape index (κ1) is 15.6. The molecule has 0 bridgehead atoms. The van der Waals surface area contributed by atoms with Gasteiger partial charge in [-0.2, -0.15) is 10.4 Å². The van der Waals surface area contributed by atoms with Crippen molar-refractivity contribution < 1.29 is 9.13 Å². The Labute approximate surface area is 133 Å². The summed E-state index contributed by atoms with van der Waals surface area (Å²) in [5, 5.41) is 16.3. The molecule has 0 spiro atoms. The van der Waals surface area contributed by atoms with E-state index in [1.807, 2.05) is 6.92 Å². The molecule has 1 aliphatic rings. The summed E-state index contributed by atoms with van der Waals surface area (Å²) in [5.41, 5.74) is 1.15. The van der Waals surface area contributed by atoms with Crippen molar-refractivity contribution in [2.45, 2.75) is 32.0 Å². The highest BCUT2D eigenvalue weighted by Crippen LogP contribution is 2.33. The third-order valence-corrected chi connectivity index (χ3v) is 4.18. The summed E-state index contributed by atoms with van der Waals surface area (Å²) in [6, 6.07) is 6.39. The molecule has 3 rings (SSSR count). The second-order valence-electron chi connectivity index (χ2n) is 5.73. The van der Waals surface area contributed by atoms with Crippen LogP contribution in [0.3, 0.4) is 0 Å². The van der Waals surface area contributed by atoms with E-state index in [-0.39, 0.29) is 12.1 Å². The number of nitrogens with one attached hydrogen (secondary N) is 1. The van der Waals surface area contributed by atoms with Crippen molar-refractivity contribution in [3.63, 3.8) is 0 Å². The zero-order valence-corrected chi connectivity index (χ0v) is 13.1. The second kappa shape index (κ2) is 6.44. The average molecular weight is 315 g/mol. The first-order chi connectivity index (χ1) is 11.1. The number of benzene rings is 1. The Bertz CT molecular complexity index is 738. The molecule has 0 aliphatic carbocycles. The number of likely N-dealkylation sites (tertiary alicyclic amines) is 1. The van der Waals surface area contributed by atoms with Crippen LogP contribution in [0, 0.1) is 24.1 Å². The van der Waals surface area contributed by atoms with Gasteiger partial charge < -0.3 is 4.74 Å². The van der Waals surface area contributed by atoms with Crippen LogP contribution in [0.4, 0.5) is 4.39 Å². The lowest BCUT2D eigenvalue weighted by Gasteiger charge is -2.22. The Kier molecular flexibility index (Phi) is 4.37. The molecule has 0 radical (unpaired) electrons. The fourth-order valence-electron chi connectivity index (χ4n) is 2.99. The zero-order chi connectivity index (χ0) is 16.4. The minimum Gasteiger partial charge on any atom is -0.380 e. The molecule has 1 N–H and O–H groups in total. The maximum absolute atomic E-state index is 13.3. The molecule has 1 aromatic carbocycles. The number of nitrogens with zero attached hydrogens (tertiary/aromatic N) is 4. The van der Waals surface area contributed by atoms with Crippen molar-refractivity contribution in [1.82, 2.24) is 20.1 Å². The molecule has 0 unspecified atom stereocenters. The largest absolute Gasteiger partial charge is 0.380 e. The molecule has 23 heavy (non-hydrogen) atoms. The van der Waals surface area contributed by atoms with Gasteiger partial charge in [-0.25, -0.2) is 9.37 Å². The lowest BCUT2D eigenvalue weighted by Crippen LogP contribution is -2.25. The summed E-state index contributed by atoms with van der Waals surface area (Å²) in [6.45, 7) is 3.11. The fraction of sp³-hybridized carbons (Fsp3) is 0.438. The Morgan fingerprint density at radius 3 is 3.00 bits per heavy atom. The molecule has 1 saturated heterocycles. The smallest absolute Gasteiger partial charge is 0.167 e. The summed E-state index contributed by atoms with van der Waals surface area (Å²) in [4.78, 5) is 6.59. The lowest BCUT2D eigenvalue weighted by molar-refractivity contribution is 0.107. The molecule has 2 atom stereocenters. The van der Waals surface area contributed by atoms with E-state index in [9.17, 15) is 9.65 Å². The van der Waals surface area contributed by atoms with E-state index in [2.05, 4.69) is 26.2 Å². The number of aryl methyl sites for hydroxylation is 1. The number of nitriles is 1. The second-order valence-corrected chi connectivity index (χ2v) is 5.73. The highest BCUT2D eigenvalue weighted by Gasteiger charge is 2.35. The summed E-state index contributed by atoms with van der Waals surface area (Å²) < 4.78 is 18.8. The van der Waals surface area contributed by atoms with Crippen molar-refractivity contribution in [2.24, 2.45) is 0 Å². The van der Waals surface area contributed by atoms with Gasteiger partial charge in [-0.15, -0.1) is 0 Å². The standard InChI is InChI=1S/C16H18FN5O/c1-10-19-16(21-20-10)15-6-14(23-2)9-22(15)8-11-3-4-13(17)5-12(11)7-18/h3-5,14-15H,6,8-9H2,1-2H3,(H,19,20,21)/t14-,15+/m1/s1. The van der Waals surface area contributed by atoms with Crippen LogP contribution in [0.15, 0.2) is 18.2 Å². The van der Waals surface area contributed by atoms with Crippen LogP contribution in [0.2, 0.25) is 0 Å². The van der Waals surface area contributed by atoms with E-state index in [1.165, 1.54) is 12.1 Å². The monoisotopic (exact) mass is 315 g/mol. The van der Waals surface area contributed by atoms with Gasteiger partial charge >= 0.3 is 0 Å². The Morgan fingerprint density at radius 1 is 1.52 bits per heavy atom. The third-order valence-electron chi connectivity index (χ3n) is 4.18. The first-order valence-electron chi connectivity index (χ1n) is 7.45. The molecule has 2 aromatic rings. The molecule has 120 valence electrons. The average Bonchev–Trinajstić information content (AvgIpc) is 3.15. The van der Waals surface area contributed by atoms with Crippen LogP contribution >= 0.6 is 0 Å². The number of halogens is 1. The van der Waals surface area contributed by atoms with E-state index >= 15 is 0 Å². The summed E-state index contributed by atoms with van der Waals surface area (Å²) >= 11 is 0. The predicted octanol–water partition coefficient (Wildman–Crippen LogP) is 2.09. The van der Waals surface area contributed by atoms with Crippen LogP contribution in [0.25, 0.3) is 0 Å². The first-order valence-corrected chi connectivity index (χ1v) is 7.45. The minimum atomic E-state index is -0.400. The minimum absolute atomic E-state index is 0.0153. The Morgan fingerprint density at radius 2 is 2.35 bits per heavy atom. The number of ether oxygens (including phenoxy) is 1. The van der Waals surface area contributed by atoms with Gasteiger partial charge in [0.15, 0.2) is 5.82 Å². The van der Waals surface area contributed by atoms with Gasteiger partial charge in [-0.05, 0) is 31.0 Å². The van der Waals surface area contributed by atoms with Gasteiger partial charge in [0, 0.05) is 20.2 Å². The Hall–Kier alpha value is -2.30. The number of aromatic amines is 1. The molecule has 0 saturated carbocycles. The van der Waals surface area contributed by atoms with Crippen molar-refractivity contribution in [3.05, 3.63) is 46.8 Å². The van der Waals surface area contributed by atoms with E-state index < -0.39 is 5.82 Å². The van der Waals surface area contributed by atoms with Crippen molar-refractivity contribution in [1.29, 1.82) is 5.26 Å². The van der Waals surface area contributed by atoms with E-state index in [0.29, 0.717) is 12.1 Å². The molecule has 1 fully saturated rings. The SMILES string of the molecule is CO[C@@H]1C[C@@H](c2n[nH]c(C)n2)N(Cc2ccc(F)cc2C#N)C1. The number of hydrogen-bond donors (Lipinski definition) is 1. The van der Waals surface area contributed by atoms with Crippen molar-refractivity contribution in [3.8, 4) is 6.07 Å². The van der Waals surface area contributed by atoms with Gasteiger partial charge in [0.2, 0.25) is 0 Å². The van der Waals surface area contributed by atoms with Crippen molar-refractivity contribution in [2.75, 3.05) is 13.7 Å². The van der Waals surface area contributed by atoms with Gasteiger partial charge in [-0.3, -0.25) is 10.00 Å².